The summed E-state index contributed by atoms with van der Waals surface area (Å²) in [7, 11) is 0. The van der Waals surface area contributed by atoms with Gasteiger partial charge in [0.15, 0.2) is 5.82 Å². The zero-order chi connectivity index (χ0) is 20.0. The van der Waals surface area contributed by atoms with Crippen molar-refractivity contribution in [3.05, 3.63) is 47.2 Å². The first-order valence-corrected chi connectivity index (χ1v) is 9.71. The lowest BCUT2D eigenvalue weighted by molar-refractivity contribution is 0.549. The molecule has 0 aromatic carbocycles. The molecule has 2 fully saturated rings. The number of aromatic amines is 1. The van der Waals surface area contributed by atoms with Crippen molar-refractivity contribution in [3.63, 3.8) is 0 Å². The lowest BCUT2D eigenvalue weighted by Gasteiger charge is -2.15. The van der Waals surface area contributed by atoms with Gasteiger partial charge >= 0.3 is 0 Å². The molecule has 2 saturated carbocycles. The quantitative estimate of drug-likeness (QED) is 0.554. The SMILES string of the molecule is CC(Nc1nc(Nc2cc(C3CC3)[nH]n2)nc(C2CC2)n1)c1ncc(F)cc1F. The Morgan fingerprint density at radius 1 is 1.03 bits per heavy atom. The van der Waals surface area contributed by atoms with Crippen LogP contribution in [0.2, 0.25) is 0 Å². The van der Waals surface area contributed by atoms with Crippen molar-refractivity contribution in [2.45, 2.75) is 50.5 Å². The molecule has 3 heterocycles. The summed E-state index contributed by atoms with van der Waals surface area (Å²) in [5.74, 6) is 1.44. The number of hydrogen-bond acceptors (Lipinski definition) is 7. The summed E-state index contributed by atoms with van der Waals surface area (Å²) in [4.78, 5) is 17.2. The average Bonchev–Trinajstić information content (AvgIpc) is 3.60. The predicted octanol–water partition coefficient (Wildman–Crippen LogP) is 3.94. The van der Waals surface area contributed by atoms with Crippen molar-refractivity contribution in [2.24, 2.45) is 0 Å². The minimum absolute atomic E-state index is 0.0932. The Hall–Kier alpha value is -3.17. The topological polar surface area (TPSA) is 104 Å². The number of anilines is 3. The monoisotopic (exact) mass is 398 g/mol. The third kappa shape index (κ3) is 4.01. The van der Waals surface area contributed by atoms with Gasteiger partial charge in [-0.05, 0) is 32.6 Å². The van der Waals surface area contributed by atoms with Crippen LogP contribution in [0.1, 0.15) is 67.7 Å². The van der Waals surface area contributed by atoms with Crippen molar-refractivity contribution >= 4 is 17.7 Å². The highest BCUT2D eigenvalue weighted by molar-refractivity contribution is 5.50. The molecular weight excluding hydrogens is 378 g/mol. The zero-order valence-corrected chi connectivity index (χ0v) is 15.8. The molecule has 29 heavy (non-hydrogen) atoms. The van der Waals surface area contributed by atoms with Gasteiger partial charge in [0.05, 0.1) is 17.9 Å². The number of aromatic nitrogens is 6. The Kier molecular flexibility index (Phi) is 4.33. The van der Waals surface area contributed by atoms with Crippen LogP contribution in [0.15, 0.2) is 18.3 Å². The minimum Gasteiger partial charge on any atom is -0.346 e. The van der Waals surface area contributed by atoms with E-state index >= 15 is 0 Å². The highest BCUT2D eigenvalue weighted by atomic mass is 19.1. The summed E-state index contributed by atoms with van der Waals surface area (Å²) in [6.45, 7) is 1.71. The average molecular weight is 398 g/mol. The van der Waals surface area contributed by atoms with E-state index in [-0.39, 0.29) is 5.69 Å². The van der Waals surface area contributed by atoms with Crippen molar-refractivity contribution in [1.82, 2.24) is 30.1 Å². The number of H-pyrrole nitrogens is 1. The van der Waals surface area contributed by atoms with Crippen molar-refractivity contribution < 1.29 is 8.78 Å². The lowest BCUT2D eigenvalue weighted by Crippen LogP contribution is -2.15. The zero-order valence-electron chi connectivity index (χ0n) is 15.8. The van der Waals surface area contributed by atoms with Crippen molar-refractivity contribution in [2.75, 3.05) is 10.6 Å². The van der Waals surface area contributed by atoms with Gasteiger partial charge in [-0.25, -0.2) is 8.78 Å². The van der Waals surface area contributed by atoms with E-state index in [0.29, 0.717) is 35.4 Å². The first-order chi connectivity index (χ1) is 14.0. The number of hydrogen-bond donors (Lipinski definition) is 3. The van der Waals surface area contributed by atoms with Crippen LogP contribution in [0.5, 0.6) is 0 Å². The first-order valence-electron chi connectivity index (χ1n) is 9.71. The van der Waals surface area contributed by atoms with E-state index in [0.717, 1.165) is 30.8 Å². The molecule has 5 rings (SSSR count). The van der Waals surface area contributed by atoms with Crippen LogP contribution in [0.4, 0.5) is 26.5 Å². The molecule has 0 saturated heterocycles. The van der Waals surface area contributed by atoms with Gasteiger partial charge in [0, 0.05) is 29.7 Å². The third-order valence-corrected chi connectivity index (χ3v) is 5.04. The van der Waals surface area contributed by atoms with Gasteiger partial charge in [0.25, 0.3) is 0 Å². The Morgan fingerprint density at radius 3 is 2.52 bits per heavy atom. The maximum atomic E-state index is 14.0. The van der Waals surface area contributed by atoms with Crippen molar-refractivity contribution in [3.8, 4) is 0 Å². The molecule has 150 valence electrons. The van der Waals surface area contributed by atoms with E-state index in [1.54, 1.807) is 6.92 Å². The van der Waals surface area contributed by atoms with Crippen LogP contribution in [0.25, 0.3) is 0 Å². The molecule has 0 radical (unpaired) electrons. The standard InChI is InChI=1S/C19H20F2N8/c1-9(16-13(21)6-12(20)8-22-16)23-18-25-17(11-4-5-11)26-19(27-18)24-15-7-14(28-29-15)10-2-3-10/h6-11H,2-5H2,1H3,(H3,23,24,25,26,27,28,29). The first kappa shape index (κ1) is 17.9. The molecule has 1 unspecified atom stereocenters. The van der Waals surface area contributed by atoms with Gasteiger partial charge in [-0.1, -0.05) is 0 Å². The fraction of sp³-hybridized carbons (Fsp3) is 0.421. The van der Waals surface area contributed by atoms with Crippen LogP contribution in [0.3, 0.4) is 0 Å². The number of halogens is 2. The second-order valence-electron chi connectivity index (χ2n) is 7.61. The number of nitrogens with zero attached hydrogens (tertiary/aromatic N) is 5. The molecule has 0 bridgehead atoms. The molecule has 3 aromatic heterocycles. The van der Waals surface area contributed by atoms with Crippen LogP contribution >= 0.6 is 0 Å². The molecule has 3 aromatic rings. The summed E-state index contributed by atoms with van der Waals surface area (Å²) in [5.41, 5.74) is 1.20. The molecule has 3 N–H and O–H groups in total. The minimum atomic E-state index is -0.719. The molecule has 0 spiro atoms. The fourth-order valence-corrected chi connectivity index (χ4v) is 3.16. The summed E-state index contributed by atoms with van der Waals surface area (Å²) in [6, 6.07) is 2.22. The van der Waals surface area contributed by atoms with Crippen LogP contribution < -0.4 is 10.6 Å². The predicted molar refractivity (Wildman–Crippen MR) is 102 cm³/mol. The Labute approximate surface area is 165 Å². The van der Waals surface area contributed by atoms with Crippen molar-refractivity contribution in [1.29, 1.82) is 0 Å². The Morgan fingerprint density at radius 2 is 1.79 bits per heavy atom. The smallest absolute Gasteiger partial charge is 0.233 e. The molecule has 0 aliphatic heterocycles. The van der Waals surface area contributed by atoms with E-state index in [4.69, 9.17) is 0 Å². The van der Waals surface area contributed by atoms with Crippen LogP contribution in [-0.2, 0) is 0 Å². The highest BCUT2D eigenvalue weighted by Gasteiger charge is 2.29. The Balaban J connectivity index is 1.38. The Bertz CT molecular complexity index is 1040. The maximum Gasteiger partial charge on any atom is 0.233 e. The molecule has 2 aliphatic carbocycles. The molecule has 2 aliphatic rings. The van der Waals surface area contributed by atoms with E-state index in [1.807, 2.05) is 6.07 Å². The number of rotatable bonds is 7. The van der Waals surface area contributed by atoms with E-state index < -0.39 is 17.7 Å². The van der Waals surface area contributed by atoms with E-state index in [9.17, 15) is 8.78 Å². The molecule has 8 nitrogen and oxygen atoms in total. The summed E-state index contributed by atoms with van der Waals surface area (Å²) < 4.78 is 27.2. The molecule has 10 heteroatoms. The second kappa shape index (κ2) is 7.02. The molecule has 0 amide bonds. The highest BCUT2D eigenvalue weighted by Crippen LogP contribution is 2.40. The second-order valence-corrected chi connectivity index (χ2v) is 7.61. The molecular formula is C19H20F2N8. The summed E-state index contributed by atoms with van der Waals surface area (Å²) in [5, 5.41) is 13.5. The maximum absolute atomic E-state index is 14.0. The normalized spacial score (nSPS) is 17.2. The van der Waals surface area contributed by atoms with Crippen LogP contribution in [0, 0.1) is 11.6 Å². The van der Waals surface area contributed by atoms with Gasteiger partial charge < -0.3 is 10.6 Å². The largest absolute Gasteiger partial charge is 0.346 e. The van der Waals surface area contributed by atoms with E-state index in [1.165, 1.54) is 12.8 Å². The summed E-state index contributed by atoms with van der Waals surface area (Å²) in [6.07, 6.45) is 5.40. The van der Waals surface area contributed by atoms with Crippen LogP contribution in [-0.4, -0.2) is 30.1 Å². The number of pyridine rings is 1. The third-order valence-electron chi connectivity index (χ3n) is 5.04. The van der Waals surface area contributed by atoms with Gasteiger partial charge in [0.2, 0.25) is 11.9 Å². The fourth-order valence-electron chi connectivity index (χ4n) is 3.16. The van der Waals surface area contributed by atoms with E-state index in [2.05, 4.69) is 40.8 Å². The summed E-state index contributed by atoms with van der Waals surface area (Å²) >= 11 is 0. The van der Waals surface area contributed by atoms with Gasteiger partial charge in [-0.3, -0.25) is 10.1 Å². The number of nitrogens with one attached hydrogen (secondary N) is 3. The van der Waals surface area contributed by atoms with Gasteiger partial charge in [-0.15, -0.1) is 0 Å². The molecule has 1 atom stereocenters. The van der Waals surface area contributed by atoms with Gasteiger partial charge in [-0.2, -0.15) is 20.1 Å². The lowest BCUT2D eigenvalue weighted by atomic mass is 10.2. The van der Waals surface area contributed by atoms with Gasteiger partial charge in [0.1, 0.15) is 17.5 Å².